The molecular weight excluding hydrogens is 805 g/mol. The van der Waals surface area contributed by atoms with Gasteiger partial charge in [0.25, 0.3) is 0 Å². The summed E-state index contributed by atoms with van der Waals surface area (Å²) in [6.45, 7) is 0. The molecule has 0 heteroatoms. The monoisotopic (exact) mass is 811 g/mol. The zero-order chi connectivity index (χ0) is 39.4. The second kappa shape index (κ2) is 5.49. The van der Waals surface area contributed by atoms with Crippen molar-refractivity contribution in [1.29, 1.82) is 0 Å². The minimum atomic E-state index is -0.271. The maximum Gasteiger partial charge on any atom is 0.0519 e. The van der Waals surface area contributed by atoms with Crippen molar-refractivity contribution >= 4 is 291 Å². The molecule has 275 valence electrons. The standard InChI is InChI=1S/C67H7/c1-2-4-7(5-3-1)6-67-64-60-54-40-32-24-12-9-8-10-13(12)25-27-23-17(10)19-15-11(8)14-18-16(9)22-26(24)38(40)46-44-30(22)28(18)36-34-20(14)21(15)35-37-29(19)31(23)45-47-39(27)41(33(25)32)55(54)61(64)57(47)59-51(45)49(37)53-43(35)42(34)52-48(36)50(44)58(56(46)60)65(67)62(52)63(53)66(59)67/h1-5H,6H2. The first-order valence-corrected chi connectivity index (χ1v) is 25.1. The summed E-state index contributed by atoms with van der Waals surface area (Å²) in [5.41, 5.74) is 8.07. The third-order valence-corrected chi connectivity index (χ3v) is 24.3. The smallest absolute Gasteiger partial charge is 0.0519 e. The highest BCUT2D eigenvalue weighted by Gasteiger charge is 2.63. The van der Waals surface area contributed by atoms with Crippen LogP contribution in [0.15, 0.2) is 30.3 Å². The van der Waals surface area contributed by atoms with Crippen LogP contribution in [0.1, 0.15) is 27.8 Å². The van der Waals surface area contributed by atoms with Crippen LogP contribution in [0.2, 0.25) is 0 Å². The van der Waals surface area contributed by atoms with Crippen molar-refractivity contribution in [2.75, 3.05) is 0 Å². The summed E-state index contributed by atoms with van der Waals surface area (Å²) in [4.78, 5) is 0. The highest BCUT2D eigenvalue weighted by Crippen LogP contribution is 2.83. The fraction of sp³-hybridized carbons (Fsp3) is 0.0299. The third-order valence-electron chi connectivity index (χ3n) is 24.3. The van der Waals surface area contributed by atoms with E-state index in [1.54, 1.807) is 319 Å². The van der Waals surface area contributed by atoms with E-state index in [2.05, 4.69) is 30.3 Å². The van der Waals surface area contributed by atoms with Crippen LogP contribution in [0.5, 0.6) is 0 Å². The Morgan fingerprint density at radius 3 is 0.716 bits per heavy atom. The van der Waals surface area contributed by atoms with Gasteiger partial charge in [-0.2, -0.15) is 0 Å². The first-order valence-electron chi connectivity index (χ1n) is 25.1. The lowest BCUT2D eigenvalue weighted by Gasteiger charge is -2.44. The molecule has 0 N–H and O–H groups in total. The summed E-state index contributed by atoms with van der Waals surface area (Å²) in [5.74, 6) is 1.74. The van der Waals surface area contributed by atoms with E-state index < -0.39 is 0 Å². The van der Waals surface area contributed by atoms with Crippen LogP contribution in [0.4, 0.5) is 0 Å². The van der Waals surface area contributed by atoms with Crippen molar-refractivity contribution in [3.8, 4) is 0 Å². The van der Waals surface area contributed by atoms with Gasteiger partial charge in [-0.15, -0.1) is 0 Å². The Balaban J connectivity index is 1.22. The van der Waals surface area contributed by atoms with Gasteiger partial charge in [-0.25, -0.2) is 0 Å². The Hall–Kier alpha value is -8.32. The molecule has 4 aliphatic rings. The molecule has 1 radical (unpaired) electrons. The summed E-state index contributed by atoms with van der Waals surface area (Å²) in [5, 5.41) is 90.0. The van der Waals surface area contributed by atoms with Crippen molar-refractivity contribution in [2.45, 2.75) is 11.8 Å². The Bertz CT molecular complexity index is 7300. The summed E-state index contributed by atoms with van der Waals surface area (Å²) in [6, 6.07) is 11.9. The van der Waals surface area contributed by atoms with Crippen molar-refractivity contribution < 1.29 is 0 Å². The van der Waals surface area contributed by atoms with E-state index in [-0.39, 0.29) is 5.41 Å². The topological polar surface area (TPSA) is 0 Å². The molecule has 1 atom stereocenters. The van der Waals surface area contributed by atoms with Crippen molar-refractivity contribution in [1.82, 2.24) is 0 Å². The van der Waals surface area contributed by atoms with E-state index in [1.165, 1.54) is 5.56 Å². The zero-order valence-corrected chi connectivity index (χ0v) is 34.1. The van der Waals surface area contributed by atoms with Crippen LogP contribution >= 0.6 is 0 Å². The van der Waals surface area contributed by atoms with Gasteiger partial charge in [0, 0.05) is 5.41 Å². The molecule has 29 aromatic rings. The van der Waals surface area contributed by atoms with Gasteiger partial charge < -0.3 is 0 Å². The average Bonchev–Trinajstić information content (AvgIpc) is 4.20. The van der Waals surface area contributed by atoms with Crippen LogP contribution in [0.3, 0.4) is 0 Å². The molecule has 0 nitrogen and oxygen atoms in total. The molecule has 0 saturated heterocycles. The molecule has 0 aromatic heterocycles. The minimum Gasteiger partial charge on any atom is -0.0622 e. The Labute approximate surface area is 364 Å². The van der Waals surface area contributed by atoms with E-state index in [0.29, 0.717) is 0 Å². The van der Waals surface area contributed by atoms with Crippen LogP contribution in [0, 0.1) is 5.92 Å². The second-order valence-electron chi connectivity index (χ2n) is 24.7. The molecule has 0 saturated carbocycles. The fourth-order valence-corrected chi connectivity index (χ4v) is 24.2. The van der Waals surface area contributed by atoms with Crippen molar-refractivity contribution in [2.24, 2.45) is 0 Å². The van der Waals surface area contributed by atoms with Gasteiger partial charge >= 0.3 is 0 Å². The third kappa shape index (κ3) is 1.30. The van der Waals surface area contributed by atoms with E-state index in [4.69, 9.17) is 0 Å². The molecular formula is C67H7. The maximum absolute atomic E-state index is 2.49. The number of rotatable bonds is 2. The molecule has 33 rings (SSSR count). The highest BCUT2D eigenvalue weighted by atomic mass is 14.6. The van der Waals surface area contributed by atoms with Crippen LogP contribution < -0.4 is 0 Å². The summed E-state index contributed by atoms with van der Waals surface area (Å²) < 4.78 is 0. The van der Waals surface area contributed by atoms with Crippen molar-refractivity contribution in [3.63, 3.8) is 0 Å². The number of hydrogen-bond acceptors (Lipinski definition) is 0. The molecule has 29 aromatic carbocycles. The summed E-state index contributed by atoms with van der Waals surface area (Å²) >= 11 is 0. The lowest BCUT2D eigenvalue weighted by Crippen LogP contribution is -2.38. The normalized spacial score (nSPS) is 20.3. The van der Waals surface area contributed by atoms with Crippen LogP contribution in [0.25, 0.3) is 291 Å². The Kier molecular flexibility index (Phi) is 1.99. The second-order valence-corrected chi connectivity index (χ2v) is 24.7. The molecule has 0 fully saturated rings. The predicted octanol–water partition coefficient (Wildman–Crippen LogP) is 18.2. The molecule has 0 amide bonds. The van der Waals surface area contributed by atoms with Gasteiger partial charge in [0.05, 0.1) is 5.92 Å². The van der Waals surface area contributed by atoms with E-state index in [9.17, 15) is 0 Å². The minimum absolute atomic E-state index is 0.271. The Morgan fingerprint density at radius 2 is 0.388 bits per heavy atom. The van der Waals surface area contributed by atoms with Gasteiger partial charge in [-0.05, 0) is 325 Å². The van der Waals surface area contributed by atoms with Gasteiger partial charge in [0.1, 0.15) is 0 Å². The van der Waals surface area contributed by atoms with Gasteiger partial charge in [0.15, 0.2) is 0 Å². The lowest BCUT2D eigenvalue weighted by atomic mass is 9.57. The van der Waals surface area contributed by atoms with Gasteiger partial charge in [0.2, 0.25) is 0 Å². The fourth-order valence-electron chi connectivity index (χ4n) is 24.2. The largest absolute Gasteiger partial charge is 0.0622 e. The van der Waals surface area contributed by atoms with E-state index in [1.807, 2.05) is 0 Å². The Morgan fingerprint density at radius 1 is 0.194 bits per heavy atom. The molecule has 67 heavy (non-hydrogen) atoms. The zero-order valence-electron chi connectivity index (χ0n) is 34.1. The lowest BCUT2D eigenvalue weighted by molar-refractivity contribution is 0.591. The first kappa shape index (κ1) is 24.3. The average molecular weight is 812 g/mol. The highest BCUT2D eigenvalue weighted by molar-refractivity contribution is 6.82. The number of benzene rings is 18. The predicted molar refractivity (Wildman–Crippen MR) is 285 cm³/mol. The quantitative estimate of drug-likeness (QED) is 0.153. The molecule has 0 aliphatic heterocycles. The first-order chi connectivity index (χ1) is 33.4. The van der Waals surface area contributed by atoms with Crippen LogP contribution in [-0.2, 0) is 11.8 Å². The van der Waals surface area contributed by atoms with E-state index >= 15 is 0 Å². The van der Waals surface area contributed by atoms with Gasteiger partial charge in [-0.3, -0.25) is 0 Å². The summed E-state index contributed by atoms with van der Waals surface area (Å²) in [7, 11) is 0. The molecule has 0 bridgehead atoms. The number of hydrogen-bond donors (Lipinski definition) is 0. The molecule has 0 spiro atoms. The van der Waals surface area contributed by atoms with Crippen molar-refractivity contribution in [3.05, 3.63) is 64.1 Å². The van der Waals surface area contributed by atoms with Crippen LogP contribution in [-0.4, -0.2) is 0 Å². The molecule has 0 heterocycles. The van der Waals surface area contributed by atoms with E-state index in [0.717, 1.165) is 6.42 Å². The van der Waals surface area contributed by atoms with Gasteiger partial charge in [-0.1, -0.05) is 30.3 Å². The maximum atomic E-state index is 2.49. The summed E-state index contributed by atoms with van der Waals surface area (Å²) in [6.07, 6.45) is 1.03. The molecule has 4 aliphatic carbocycles. The molecule has 1 unspecified atom stereocenters. The SMILES string of the molecule is c1ccc(CC23[C]4c5c6c2c2c7c8c3c3c9c4c4c%10c5c5c%11c6c6c2c2c7c7c%12c8c3c3c8c9c4c4c9c%10c5c5c%10c%11c6c6c2c2c7c7c%12c3c3c8c4c4c9c5c5c%10c6c2c2c7c3c4c52)cc1.